The number of nitrogens with two attached hydrogens (primary N) is 1. The van der Waals surface area contributed by atoms with E-state index in [1.807, 2.05) is 0 Å². The summed E-state index contributed by atoms with van der Waals surface area (Å²) in [7, 11) is 0. The van der Waals surface area contributed by atoms with Gasteiger partial charge >= 0.3 is 0 Å². The van der Waals surface area contributed by atoms with E-state index in [2.05, 4.69) is 0 Å². The van der Waals surface area contributed by atoms with E-state index in [1.54, 1.807) is 30.3 Å². The van der Waals surface area contributed by atoms with Gasteiger partial charge in [0.25, 0.3) is 0 Å². The summed E-state index contributed by atoms with van der Waals surface area (Å²) in [6.45, 7) is 0. The Balaban J connectivity index is 2.57. The Bertz CT molecular complexity index is 384. The first-order valence-corrected chi connectivity index (χ1v) is 4.48. The van der Waals surface area contributed by atoms with Crippen molar-refractivity contribution >= 4 is 17.5 Å². The minimum absolute atomic E-state index is 0.271. The first-order valence-electron chi connectivity index (χ1n) is 4.48. The molecular weight excluding hydrogens is 194 g/mol. The minimum atomic E-state index is -0.708. The maximum absolute atomic E-state index is 11.5. The lowest BCUT2D eigenvalue weighted by molar-refractivity contribution is -0.125. The lowest BCUT2D eigenvalue weighted by Crippen LogP contribution is -2.18. The summed E-state index contributed by atoms with van der Waals surface area (Å²) in [6.07, 6.45) is -0.647. The molecule has 0 saturated heterocycles. The van der Waals surface area contributed by atoms with Gasteiger partial charge in [-0.1, -0.05) is 30.3 Å². The second-order valence-electron chi connectivity index (χ2n) is 3.15. The molecule has 4 heteroatoms. The Morgan fingerprint density at radius 2 is 1.60 bits per heavy atom. The maximum Gasteiger partial charge on any atom is 0.224 e. The van der Waals surface area contributed by atoms with Gasteiger partial charge in [0, 0.05) is 5.56 Å². The molecule has 0 bridgehead atoms. The third-order valence-electron chi connectivity index (χ3n) is 1.82. The average Bonchev–Trinajstić information content (AvgIpc) is 2.17. The van der Waals surface area contributed by atoms with Crippen LogP contribution in [-0.4, -0.2) is 17.5 Å². The fraction of sp³-hybridized carbons (Fsp3) is 0.182. The summed E-state index contributed by atoms with van der Waals surface area (Å²) >= 11 is 0. The Morgan fingerprint density at radius 3 is 2.13 bits per heavy atom. The molecule has 2 N–H and O–H groups in total. The van der Waals surface area contributed by atoms with Crippen LogP contribution in [-0.2, 0) is 9.59 Å². The van der Waals surface area contributed by atoms with Gasteiger partial charge in [0.1, 0.15) is 5.78 Å². The molecule has 0 aliphatic heterocycles. The molecule has 15 heavy (non-hydrogen) atoms. The van der Waals surface area contributed by atoms with Crippen LogP contribution in [0.15, 0.2) is 30.3 Å². The summed E-state index contributed by atoms with van der Waals surface area (Å²) in [5.74, 6) is -1.45. The normalized spacial score (nSPS) is 9.60. The predicted molar refractivity (Wildman–Crippen MR) is 54.2 cm³/mol. The number of benzene rings is 1. The molecule has 1 amide bonds. The highest BCUT2D eigenvalue weighted by molar-refractivity contribution is 6.11. The average molecular weight is 205 g/mol. The third-order valence-corrected chi connectivity index (χ3v) is 1.82. The number of amides is 1. The molecule has 1 rings (SSSR count). The molecule has 0 radical (unpaired) electrons. The number of carbonyl (C=O) groups is 3. The molecular formula is C11H11NO3. The first kappa shape index (κ1) is 11.1. The molecule has 1 aromatic rings. The number of hydrogen-bond donors (Lipinski definition) is 1. The van der Waals surface area contributed by atoms with E-state index in [4.69, 9.17) is 5.73 Å². The number of Topliss-reactive ketones (excluding diaryl/α,β-unsaturated/α-hetero) is 2. The lowest BCUT2D eigenvalue weighted by atomic mass is 10.0. The Kier molecular flexibility index (Phi) is 3.74. The van der Waals surface area contributed by atoms with E-state index >= 15 is 0 Å². The van der Waals surface area contributed by atoms with E-state index in [-0.39, 0.29) is 18.6 Å². The number of ketones is 2. The van der Waals surface area contributed by atoms with Gasteiger partial charge < -0.3 is 5.73 Å². The number of hydrogen-bond acceptors (Lipinski definition) is 3. The van der Waals surface area contributed by atoms with E-state index in [0.29, 0.717) is 5.56 Å². The fourth-order valence-corrected chi connectivity index (χ4v) is 1.16. The number of primary amides is 1. The second-order valence-corrected chi connectivity index (χ2v) is 3.15. The Hall–Kier alpha value is -1.97. The molecule has 4 nitrogen and oxygen atoms in total. The number of carbonyl (C=O) groups excluding carboxylic acids is 3. The van der Waals surface area contributed by atoms with Crippen LogP contribution in [0.1, 0.15) is 23.2 Å². The molecule has 0 fully saturated rings. The zero-order valence-electron chi connectivity index (χ0n) is 8.10. The molecule has 0 saturated carbocycles. The maximum atomic E-state index is 11.5. The zero-order valence-corrected chi connectivity index (χ0v) is 8.10. The van der Waals surface area contributed by atoms with Crippen LogP contribution < -0.4 is 5.73 Å². The van der Waals surface area contributed by atoms with E-state index in [0.717, 1.165) is 0 Å². The Morgan fingerprint density at radius 1 is 1.00 bits per heavy atom. The van der Waals surface area contributed by atoms with E-state index in [1.165, 1.54) is 0 Å². The van der Waals surface area contributed by atoms with Gasteiger partial charge in [-0.15, -0.1) is 0 Å². The second kappa shape index (κ2) is 5.05. The molecule has 0 atom stereocenters. The zero-order chi connectivity index (χ0) is 11.3. The molecule has 0 spiro atoms. The highest BCUT2D eigenvalue weighted by atomic mass is 16.2. The summed E-state index contributed by atoms with van der Waals surface area (Å²) in [4.78, 5) is 33.0. The predicted octanol–water partition coefficient (Wildman–Crippen LogP) is 0.704. The largest absolute Gasteiger partial charge is 0.369 e. The highest BCUT2D eigenvalue weighted by Gasteiger charge is 2.13. The van der Waals surface area contributed by atoms with Gasteiger partial charge in [0.05, 0.1) is 12.8 Å². The first-order chi connectivity index (χ1) is 7.09. The molecule has 1 aromatic carbocycles. The van der Waals surface area contributed by atoms with Crippen LogP contribution in [0.3, 0.4) is 0 Å². The van der Waals surface area contributed by atoms with Crippen molar-refractivity contribution in [3.63, 3.8) is 0 Å². The van der Waals surface area contributed by atoms with Gasteiger partial charge in [-0.25, -0.2) is 0 Å². The minimum Gasteiger partial charge on any atom is -0.369 e. The van der Waals surface area contributed by atoms with Crippen molar-refractivity contribution in [2.24, 2.45) is 5.73 Å². The van der Waals surface area contributed by atoms with Gasteiger partial charge in [-0.3, -0.25) is 14.4 Å². The molecule has 0 unspecified atom stereocenters. The topological polar surface area (TPSA) is 77.2 Å². The SMILES string of the molecule is NC(=O)CC(=O)CC(=O)c1ccccc1. The molecule has 0 aromatic heterocycles. The highest BCUT2D eigenvalue weighted by Crippen LogP contribution is 2.04. The molecule has 0 heterocycles. The monoisotopic (exact) mass is 205 g/mol. The van der Waals surface area contributed by atoms with Gasteiger partial charge in [-0.05, 0) is 0 Å². The van der Waals surface area contributed by atoms with Crippen LogP contribution in [0.2, 0.25) is 0 Å². The van der Waals surface area contributed by atoms with Crippen molar-refractivity contribution in [2.45, 2.75) is 12.8 Å². The smallest absolute Gasteiger partial charge is 0.224 e. The lowest BCUT2D eigenvalue weighted by Gasteiger charge is -1.98. The van der Waals surface area contributed by atoms with Crippen LogP contribution in [0.4, 0.5) is 0 Å². The Labute approximate surface area is 87.1 Å². The van der Waals surface area contributed by atoms with Crippen molar-refractivity contribution in [3.8, 4) is 0 Å². The quantitative estimate of drug-likeness (QED) is 0.567. The van der Waals surface area contributed by atoms with Gasteiger partial charge in [0.2, 0.25) is 5.91 Å². The summed E-state index contributed by atoms with van der Waals surface area (Å²) in [6, 6.07) is 8.46. The molecule has 0 aliphatic carbocycles. The van der Waals surface area contributed by atoms with Crippen molar-refractivity contribution in [1.29, 1.82) is 0 Å². The fourth-order valence-electron chi connectivity index (χ4n) is 1.16. The summed E-state index contributed by atoms with van der Waals surface area (Å²) in [5, 5.41) is 0. The van der Waals surface area contributed by atoms with Crippen molar-refractivity contribution in [2.75, 3.05) is 0 Å². The van der Waals surface area contributed by atoms with Crippen LogP contribution in [0.5, 0.6) is 0 Å². The summed E-state index contributed by atoms with van der Waals surface area (Å²) < 4.78 is 0. The van der Waals surface area contributed by atoms with E-state index in [9.17, 15) is 14.4 Å². The van der Waals surface area contributed by atoms with Crippen LogP contribution >= 0.6 is 0 Å². The van der Waals surface area contributed by atoms with Crippen LogP contribution in [0.25, 0.3) is 0 Å². The summed E-state index contributed by atoms with van der Waals surface area (Å²) in [5.41, 5.74) is 5.30. The van der Waals surface area contributed by atoms with Crippen molar-refractivity contribution in [1.82, 2.24) is 0 Å². The van der Waals surface area contributed by atoms with Gasteiger partial charge in [-0.2, -0.15) is 0 Å². The molecule has 78 valence electrons. The van der Waals surface area contributed by atoms with Gasteiger partial charge in [0.15, 0.2) is 5.78 Å². The third kappa shape index (κ3) is 3.72. The number of rotatable bonds is 5. The van der Waals surface area contributed by atoms with Crippen molar-refractivity contribution in [3.05, 3.63) is 35.9 Å². The van der Waals surface area contributed by atoms with E-state index < -0.39 is 11.7 Å². The molecule has 0 aliphatic rings. The van der Waals surface area contributed by atoms with Crippen LogP contribution in [0, 0.1) is 0 Å². The standard InChI is InChI=1S/C11H11NO3/c12-11(15)7-9(13)6-10(14)8-4-2-1-3-5-8/h1-5H,6-7H2,(H2,12,15). The van der Waals surface area contributed by atoms with Crippen molar-refractivity contribution < 1.29 is 14.4 Å².